The Bertz CT molecular complexity index is 455. The fraction of sp³-hybridized carbons (Fsp3) is 0. The summed E-state index contributed by atoms with van der Waals surface area (Å²) in [6.07, 6.45) is 1.55. The molecule has 0 amide bonds. The molecule has 76 valence electrons. The van der Waals surface area contributed by atoms with Gasteiger partial charge in [0.1, 0.15) is 11.6 Å². The first kappa shape index (κ1) is 9.39. The van der Waals surface area contributed by atoms with Gasteiger partial charge in [-0.25, -0.2) is 9.37 Å². The van der Waals surface area contributed by atoms with Crippen LogP contribution in [0.5, 0.6) is 0 Å². The second kappa shape index (κ2) is 3.91. The molecule has 1 aromatic carbocycles. The number of benzene rings is 1. The third kappa shape index (κ3) is 2.40. The van der Waals surface area contributed by atoms with Gasteiger partial charge in [-0.1, -0.05) is 0 Å². The van der Waals surface area contributed by atoms with Crippen molar-refractivity contribution in [2.75, 3.05) is 11.1 Å². The summed E-state index contributed by atoms with van der Waals surface area (Å²) in [5.41, 5.74) is 6.16. The molecule has 0 aliphatic rings. The molecule has 0 unspecified atom stereocenters. The van der Waals surface area contributed by atoms with Crippen LogP contribution in [0.15, 0.2) is 36.5 Å². The number of hydrogen-bond donors (Lipinski definition) is 2. The standard InChI is InChI=1S/C10H9FN4/c11-7-1-3-8(4-2-7)14-9-5-6-13-10(12)15-9/h1-6H,(H3,12,13,14,15). The SMILES string of the molecule is Nc1nccc(Nc2ccc(F)cc2)n1. The first-order valence-electron chi connectivity index (χ1n) is 4.35. The van der Waals surface area contributed by atoms with E-state index in [1.807, 2.05) is 0 Å². The molecule has 0 aliphatic carbocycles. The van der Waals surface area contributed by atoms with Gasteiger partial charge >= 0.3 is 0 Å². The number of aromatic nitrogens is 2. The summed E-state index contributed by atoms with van der Waals surface area (Å²) in [4.78, 5) is 7.71. The number of rotatable bonds is 2. The van der Waals surface area contributed by atoms with Crippen LogP contribution in [0, 0.1) is 5.82 Å². The number of nitrogens with zero attached hydrogens (tertiary/aromatic N) is 2. The molecule has 0 radical (unpaired) electrons. The molecule has 3 N–H and O–H groups in total. The summed E-state index contributed by atoms with van der Waals surface area (Å²) in [6.45, 7) is 0. The Balaban J connectivity index is 2.18. The average molecular weight is 204 g/mol. The smallest absolute Gasteiger partial charge is 0.221 e. The zero-order valence-electron chi connectivity index (χ0n) is 7.81. The minimum Gasteiger partial charge on any atom is -0.368 e. The molecule has 0 saturated heterocycles. The van der Waals surface area contributed by atoms with E-state index in [4.69, 9.17) is 5.73 Å². The minimum atomic E-state index is -0.275. The van der Waals surface area contributed by atoms with Crippen LogP contribution in [0.2, 0.25) is 0 Å². The van der Waals surface area contributed by atoms with Crippen LogP contribution < -0.4 is 11.1 Å². The molecular weight excluding hydrogens is 195 g/mol. The van der Waals surface area contributed by atoms with Gasteiger partial charge in [-0.3, -0.25) is 0 Å². The second-order valence-corrected chi connectivity index (χ2v) is 2.93. The molecule has 0 saturated carbocycles. The number of nitrogens with one attached hydrogen (secondary N) is 1. The van der Waals surface area contributed by atoms with Crippen LogP contribution in [-0.4, -0.2) is 9.97 Å². The van der Waals surface area contributed by atoms with E-state index in [0.717, 1.165) is 5.69 Å². The fourth-order valence-electron chi connectivity index (χ4n) is 1.12. The summed E-state index contributed by atoms with van der Waals surface area (Å²) in [6, 6.07) is 7.65. The van der Waals surface area contributed by atoms with Gasteiger partial charge in [0.15, 0.2) is 0 Å². The molecule has 2 rings (SSSR count). The Morgan fingerprint density at radius 3 is 2.53 bits per heavy atom. The molecule has 1 heterocycles. The predicted molar refractivity (Wildman–Crippen MR) is 56.1 cm³/mol. The van der Waals surface area contributed by atoms with Crippen molar-refractivity contribution in [3.05, 3.63) is 42.3 Å². The van der Waals surface area contributed by atoms with Crippen LogP contribution in [0.4, 0.5) is 21.8 Å². The number of anilines is 3. The van der Waals surface area contributed by atoms with Gasteiger partial charge in [0.2, 0.25) is 5.95 Å². The lowest BCUT2D eigenvalue weighted by atomic mass is 10.3. The van der Waals surface area contributed by atoms with Gasteiger partial charge in [-0.05, 0) is 30.3 Å². The highest BCUT2D eigenvalue weighted by atomic mass is 19.1. The highest BCUT2D eigenvalue weighted by Crippen LogP contribution is 2.14. The Hall–Kier alpha value is -2.17. The second-order valence-electron chi connectivity index (χ2n) is 2.93. The normalized spacial score (nSPS) is 9.93. The monoisotopic (exact) mass is 204 g/mol. The molecule has 0 fully saturated rings. The third-order valence-corrected chi connectivity index (χ3v) is 1.79. The maximum atomic E-state index is 12.6. The van der Waals surface area contributed by atoms with E-state index in [1.54, 1.807) is 24.4 Å². The first-order valence-corrected chi connectivity index (χ1v) is 4.35. The Kier molecular flexibility index (Phi) is 2.45. The fourth-order valence-corrected chi connectivity index (χ4v) is 1.12. The molecule has 15 heavy (non-hydrogen) atoms. The molecule has 4 nitrogen and oxygen atoms in total. The molecule has 0 bridgehead atoms. The van der Waals surface area contributed by atoms with Crippen molar-refractivity contribution in [3.8, 4) is 0 Å². The molecule has 2 aromatic rings. The van der Waals surface area contributed by atoms with E-state index in [2.05, 4.69) is 15.3 Å². The molecule has 1 aromatic heterocycles. The lowest BCUT2D eigenvalue weighted by Crippen LogP contribution is -1.98. The maximum Gasteiger partial charge on any atom is 0.221 e. The highest BCUT2D eigenvalue weighted by Gasteiger charge is 1.97. The Labute approximate surface area is 86.0 Å². The van der Waals surface area contributed by atoms with Crippen molar-refractivity contribution in [1.29, 1.82) is 0 Å². The van der Waals surface area contributed by atoms with E-state index in [1.165, 1.54) is 12.1 Å². The minimum absolute atomic E-state index is 0.196. The van der Waals surface area contributed by atoms with Gasteiger partial charge < -0.3 is 11.1 Å². The summed E-state index contributed by atoms with van der Waals surface area (Å²) >= 11 is 0. The lowest BCUT2D eigenvalue weighted by Gasteiger charge is -2.04. The predicted octanol–water partition coefficient (Wildman–Crippen LogP) is 1.94. The van der Waals surface area contributed by atoms with E-state index in [0.29, 0.717) is 5.82 Å². The van der Waals surface area contributed by atoms with Crippen LogP contribution >= 0.6 is 0 Å². The van der Waals surface area contributed by atoms with Gasteiger partial charge in [0.25, 0.3) is 0 Å². The van der Waals surface area contributed by atoms with Crippen molar-refractivity contribution < 1.29 is 4.39 Å². The van der Waals surface area contributed by atoms with Gasteiger partial charge in [0.05, 0.1) is 0 Å². The topological polar surface area (TPSA) is 63.8 Å². The van der Waals surface area contributed by atoms with Gasteiger partial charge in [-0.2, -0.15) is 4.98 Å². The van der Waals surface area contributed by atoms with E-state index in [-0.39, 0.29) is 11.8 Å². The van der Waals surface area contributed by atoms with Crippen molar-refractivity contribution >= 4 is 17.5 Å². The summed E-state index contributed by atoms with van der Waals surface area (Å²) in [5.74, 6) is 0.499. The Morgan fingerprint density at radius 1 is 1.13 bits per heavy atom. The van der Waals surface area contributed by atoms with Crippen molar-refractivity contribution in [3.63, 3.8) is 0 Å². The molecule has 0 spiro atoms. The van der Waals surface area contributed by atoms with Crippen LogP contribution in [-0.2, 0) is 0 Å². The third-order valence-electron chi connectivity index (χ3n) is 1.79. The molecular formula is C10H9FN4. The van der Waals surface area contributed by atoms with Crippen molar-refractivity contribution in [2.24, 2.45) is 0 Å². The van der Waals surface area contributed by atoms with Crippen molar-refractivity contribution in [2.45, 2.75) is 0 Å². The number of nitrogen functional groups attached to an aromatic ring is 1. The van der Waals surface area contributed by atoms with Gasteiger partial charge in [-0.15, -0.1) is 0 Å². The molecule has 0 atom stereocenters. The summed E-state index contributed by atoms with van der Waals surface area (Å²) in [7, 11) is 0. The summed E-state index contributed by atoms with van der Waals surface area (Å²) < 4.78 is 12.6. The zero-order valence-corrected chi connectivity index (χ0v) is 7.81. The first-order chi connectivity index (χ1) is 7.24. The van der Waals surface area contributed by atoms with E-state index < -0.39 is 0 Å². The molecule has 5 heteroatoms. The van der Waals surface area contributed by atoms with E-state index >= 15 is 0 Å². The van der Waals surface area contributed by atoms with Crippen molar-refractivity contribution in [1.82, 2.24) is 9.97 Å². The largest absolute Gasteiger partial charge is 0.368 e. The Morgan fingerprint density at radius 2 is 1.87 bits per heavy atom. The zero-order chi connectivity index (χ0) is 10.7. The highest BCUT2D eigenvalue weighted by molar-refractivity contribution is 5.56. The average Bonchev–Trinajstić information content (AvgIpc) is 2.22. The summed E-state index contributed by atoms with van der Waals surface area (Å²) in [5, 5.41) is 2.97. The van der Waals surface area contributed by atoms with Crippen LogP contribution in [0.25, 0.3) is 0 Å². The number of halogens is 1. The van der Waals surface area contributed by atoms with Crippen LogP contribution in [0.3, 0.4) is 0 Å². The number of hydrogen-bond acceptors (Lipinski definition) is 4. The lowest BCUT2D eigenvalue weighted by molar-refractivity contribution is 0.628. The van der Waals surface area contributed by atoms with E-state index in [9.17, 15) is 4.39 Å². The van der Waals surface area contributed by atoms with Gasteiger partial charge in [0, 0.05) is 11.9 Å². The molecule has 0 aliphatic heterocycles. The van der Waals surface area contributed by atoms with Crippen LogP contribution in [0.1, 0.15) is 0 Å². The quantitative estimate of drug-likeness (QED) is 0.784. The maximum absolute atomic E-state index is 12.6. The number of nitrogens with two attached hydrogens (primary N) is 1.